The number of carbonyl (C=O) groups is 1. The summed E-state index contributed by atoms with van der Waals surface area (Å²) in [4.78, 5) is 14.4. The van der Waals surface area contributed by atoms with E-state index in [9.17, 15) is 4.79 Å². The van der Waals surface area contributed by atoms with Crippen molar-refractivity contribution in [2.45, 2.75) is 38.1 Å². The summed E-state index contributed by atoms with van der Waals surface area (Å²) in [7, 11) is 2.05. The maximum atomic E-state index is 12.2. The monoisotopic (exact) mass is 265 g/mol. The van der Waals surface area contributed by atoms with Crippen LogP contribution in [0.15, 0.2) is 24.3 Å². The van der Waals surface area contributed by atoms with Crippen LogP contribution in [0.5, 0.6) is 0 Å². The molecule has 0 aromatic heterocycles. The van der Waals surface area contributed by atoms with E-state index >= 15 is 0 Å². The number of halogens is 1. The zero-order valence-corrected chi connectivity index (χ0v) is 11.6. The van der Waals surface area contributed by atoms with Crippen LogP contribution in [-0.4, -0.2) is 30.3 Å². The van der Waals surface area contributed by atoms with Gasteiger partial charge in [-0.2, -0.15) is 0 Å². The van der Waals surface area contributed by atoms with Gasteiger partial charge in [-0.3, -0.25) is 9.69 Å². The third-order valence-corrected chi connectivity index (χ3v) is 4.09. The highest BCUT2D eigenvalue weighted by atomic mass is 35.5. The molecule has 0 saturated heterocycles. The molecule has 98 valence electrons. The molecule has 2 rings (SSSR count). The van der Waals surface area contributed by atoms with Gasteiger partial charge >= 0.3 is 0 Å². The molecule has 0 amide bonds. The first-order chi connectivity index (χ1) is 8.68. The Morgan fingerprint density at radius 3 is 2.61 bits per heavy atom. The van der Waals surface area contributed by atoms with Crippen LogP contribution in [0.2, 0.25) is 5.02 Å². The van der Waals surface area contributed by atoms with E-state index in [0.29, 0.717) is 23.2 Å². The Kier molecular flexibility index (Phi) is 4.79. The van der Waals surface area contributed by atoms with Crippen molar-refractivity contribution >= 4 is 17.4 Å². The number of benzene rings is 1. The molecule has 1 aromatic rings. The van der Waals surface area contributed by atoms with E-state index in [-0.39, 0.29) is 5.78 Å². The smallest absolute Gasteiger partial charge is 0.178 e. The van der Waals surface area contributed by atoms with Crippen LogP contribution in [0.3, 0.4) is 0 Å². The summed E-state index contributed by atoms with van der Waals surface area (Å²) in [6, 6.07) is 7.85. The van der Waals surface area contributed by atoms with Crippen LogP contribution in [0.1, 0.15) is 42.5 Å². The fourth-order valence-corrected chi connectivity index (χ4v) is 2.89. The first-order valence-electron chi connectivity index (χ1n) is 6.66. The molecule has 1 aromatic carbocycles. The van der Waals surface area contributed by atoms with Crippen LogP contribution in [-0.2, 0) is 0 Å². The molecule has 0 atom stereocenters. The number of nitrogens with zero attached hydrogens (tertiary/aromatic N) is 1. The first kappa shape index (κ1) is 13.6. The van der Waals surface area contributed by atoms with E-state index in [1.165, 1.54) is 32.1 Å². The lowest BCUT2D eigenvalue weighted by molar-refractivity contribution is 0.0900. The van der Waals surface area contributed by atoms with Gasteiger partial charge in [-0.15, -0.1) is 0 Å². The minimum atomic E-state index is 0.119. The molecule has 0 heterocycles. The van der Waals surface area contributed by atoms with E-state index < -0.39 is 0 Å². The Balaban J connectivity index is 1.96. The van der Waals surface area contributed by atoms with E-state index in [0.717, 1.165) is 0 Å². The second-order valence-corrected chi connectivity index (χ2v) is 5.52. The SMILES string of the molecule is CN(CC(=O)c1ccccc1Cl)C1CCCCC1. The summed E-state index contributed by atoms with van der Waals surface area (Å²) < 4.78 is 0. The number of ketones is 1. The molecule has 2 nitrogen and oxygen atoms in total. The van der Waals surface area contributed by atoms with Crippen molar-refractivity contribution in [2.24, 2.45) is 0 Å². The van der Waals surface area contributed by atoms with Crippen molar-refractivity contribution in [1.29, 1.82) is 0 Å². The van der Waals surface area contributed by atoms with E-state index in [4.69, 9.17) is 11.6 Å². The highest BCUT2D eigenvalue weighted by molar-refractivity contribution is 6.34. The predicted molar refractivity (Wildman–Crippen MR) is 75.3 cm³/mol. The second-order valence-electron chi connectivity index (χ2n) is 5.11. The second kappa shape index (κ2) is 6.35. The van der Waals surface area contributed by atoms with Gasteiger partial charge in [0.1, 0.15) is 0 Å². The lowest BCUT2D eigenvalue weighted by Crippen LogP contribution is -2.37. The predicted octanol–water partition coefficient (Wildman–Crippen LogP) is 3.79. The Hall–Kier alpha value is -0.860. The van der Waals surface area contributed by atoms with Crippen molar-refractivity contribution in [1.82, 2.24) is 4.90 Å². The molecule has 0 unspecified atom stereocenters. The van der Waals surface area contributed by atoms with Gasteiger partial charge in [0.15, 0.2) is 5.78 Å². The molecule has 1 aliphatic rings. The Labute approximate surface area is 114 Å². The Morgan fingerprint density at radius 1 is 1.28 bits per heavy atom. The highest BCUT2D eigenvalue weighted by Crippen LogP contribution is 2.22. The first-order valence-corrected chi connectivity index (χ1v) is 7.04. The summed E-state index contributed by atoms with van der Waals surface area (Å²) >= 11 is 6.05. The number of hydrogen-bond donors (Lipinski definition) is 0. The molecule has 3 heteroatoms. The maximum Gasteiger partial charge on any atom is 0.178 e. The molecule has 0 aliphatic heterocycles. The third-order valence-electron chi connectivity index (χ3n) is 3.77. The van der Waals surface area contributed by atoms with Crippen molar-refractivity contribution in [3.63, 3.8) is 0 Å². The fraction of sp³-hybridized carbons (Fsp3) is 0.533. The standard InChI is InChI=1S/C15H20ClNO/c1-17(12-7-3-2-4-8-12)11-15(18)13-9-5-6-10-14(13)16/h5-6,9-10,12H,2-4,7-8,11H2,1H3. The minimum Gasteiger partial charge on any atom is -0.296 e. The van der Waals surface area contributed by atoms with Crippen molar-refractivity contribution in [3.05, 3.63) is 34.9 Å². The molecule has 1 aliphatic carbocycles. The molecule has 0 N–H and O–H groups in total. The van der Waals surface area contributed by atoms with Crippen LogP contribution < -0.4 is 0 Å². The van der Waals surface area contributed by atoms with Gasteiger partial charge in [-0.1, -0.05) is 43.0 Å². The fourth-order valence-electron chi connectivity index (χ4n) is 2.65. The van der Waals surface area contributed by atoms with Gasteiger partial charge in [-0.05, 0) is 32.0 Å². The molecular formula is C15H20ClNO. The van der Waals surface area contributed by atoms with Gasteiger partial charge in [0.2, 0.25) is 0 Å². The van der Waals surface area contributed by atoms with E-state index in [2.05, 4.69) is 4.90 Å². The quantitative estimate of drug-likeness (QED) is 0.772. The van der Waals surface area contributed by atoms with Gasteiger partial charge in [-0.25, -0.2) is 0 Å². The normalized spacial score (nSPS) is 17.1. The van der Waals surface area contributed by atoms with Crippen molar-refractivity contribution < 1.29 is 4.79 Å². The largest absolute Gasteiger partial charge is 0.296 e. The van der Waals surface area contributed by atoms with Crippen LogP contribution in [0, 0.1) is 0 Å². The zero-order chi connectivity index (χ0) is 13.0. The summed E-state index contributed by atoms with van der Waals surface area (Å²) in [5.74, 6) is 0.119. The van der Waals surface area contributed by atoms with Crippen LogP contribution in [0.4, 0.5) is 0 Å². The summed E-state index contributed by atoms with van der Waals surface area (Å²) in [5.41, 5.74) is 0.641. The third kappa shape index (κ3) is 3.33. The highest BCUT2D eigenvalue weighted by Gasteiger charge is 2.20. The molecular weight excluding hydrogens is 246 g/mol. The van der Waals surface area contributed by atoms with Crippen molar-refractivity contribution in [3.8, 4) is 0 Å². The summed E-state index contributed by atoms with van der Waals surface area (Å²) in [6.45, 7) is 0.467. The van der Waals surface area contributed by atoms with E-state index in [1.54, 1.807) is 12.1 Å². The minimum absolute atomic E-state index is 0.119. The lowest BCUT2D eigenvalue weighted by Gasteiger charge is -2.30. The number of rotatable bonds is 4. The summed E-state index contributed by atoms with van der Waals surface area (Å²) in [6.07, 6.45) is 6.34. The number of likely N-dealkylation sites (N-methyl/N-ethyl adjacent to an activating group) is 1. The molecule has 0 bridgehead atoms. The molecule has 18 heavy (non-hydrogen) atoms. The van der Waals surface area contributed by atoms with Gasteiger partial charge in [0, 0.05) is 11.6 Å². The van der Waals surface area contributed by atoms with Crippen LogP contribution in [0.25, 0.3) is 0 Å². The zero-order valence-electron chi connectivity index (χ0n) is 10.9. The summed E-state index contributed by atoms with van der Waals surface area (Å²) in [5, 5.41) is 0.555. The van der Waals surface area contributed by atoms with Crippen molar-refractivity contribution in [2.75, 3.05) is 13.6 Å². The number of carbonyl (C=O) groups excluding carboxylic acids is 1. The number of Topliss-reactive ketones (excluding diaryl/α,β-unsaturated/α-hetero) is 1. The van der Waals surface area contributed by atoms with E-state index in [1.807, 2.05) is 19.2 Å². The molecule has 0 spiro atoms. The molecule has 1 fully saturated rings. The maximum absolute atomic E-state index is 12.2. The van der Waals surface area contributed by atoms with Crippen LogP contribution >= 0.6 is 11.6 Å². The average Bonchev–Trinajstić information content (AvgIpc) is 2.40. The molecule has 0 radical (unpaired) electrons. The van der Waals surface area contributed by atoms with Gasteiger partial charge < -0.3 is 0 Å². The average molecular weight is 266 g/mol. The molecule has 1 saturated carbocycles. The lowest BCUT2D eigenvalue weighted by atomic mass is 9.94. The van der Waals surface area contributed by atoms with Gasteiger partial charge in [0.25, 0.3) is 0 Å². The Morgan fingerprint density at radius 2 is 1.94 bits per heavy atom. The topological polar surface area (TPSA) is 20.3 Å². The number of hydrogen-bond acceptors (Lipinski definition) is 2. The Bertz CT molecular complexity index is 413. The van der Waals surface area contributed by atoms with Gasteiger partial charge in [0.05, 0.1) is 11.6 Å².